The maximum atomic E-state index is 13.4. The SMILES string of the molecule is COc1ccc(/C=C2/N=C(c3ccc(Cl)cc3)N(c3ccc(Br)cc3)C2=O)cc1OC. The first kappa shape index (κ1) is 21.2. The molecule has 1 aliphatic rings. The number of nitrogens with zero attached hydrogens (tertiary/aromatic N) is 2. The van der Waals surface area contributed by atoms with Gasteiger partial charge in [0.1, 0.15) is 11.5 Å². The van der Waals surface area contributed by atoms with Crippen LogP contribution >= 0.6 is 27.5 Å². The van der Waals surface area contributed by atoms with Gasteiger partial charge in [0.25, 0.3) is 5.91 Å². The van der Waals surface area contributed by atoms with Gasteiger partial charge in [-0.1, -0.05) is 33.6 Å². The fourth-order valence-corrected chi connectivity index (χ4v) is 3.63. The van der Waals surface area contributed by atoms with Crippen molar-refractivity contribution in [3.63, 3.8) is 0 Å². The molecule has 0 radical (unpaired) electrons. The molecule has 4 rings (SSSR count). The number of methoxy groups -OCH3 is 2. The van der Waals surface area contributed by atoms with Gasteiger partial charge in [0, 0.05) is 15.1 Å². The summed E-state index contributed by atoms with van der Waals surface area (Å²) in [7, 11) is 3.15. The van der Waals surface area contributed by atoms with Crippen molar-refractivity contribution in [2.45, 2.75) is 0 Å². The molecule has 0 unspecified atom stereocenters. The van der Waals surface area contributed by atoms with Crippen LogP contribution in [0.2, 0.25) is 5.02 Å². The van der Waals surface area contributed by atoms with Gasteiger partial charge in [-0.15, -0.1) is 0 Å². The Morgan fingerprint density at radius 2 is 1.61 bits per heavy atom. The van der Waals surface area contributed by atoms with Crippen LogP contribution in [0, 0.1) is 0 Å². The number of ether oxygens (including phenoxy) is 2. The number of rotatable bonds is 5. The third-order valence-corrected chi connectivity index (χ3v) is 5.54. The number of hydrogen-bond acceptors (Lipinski definition) is 4. The molecule has 0 saturated heterocycles. The average Bonchev–Trinajstić information content (AvgIpc) is 3.10. The van der Waals surface area contributed by atoms with Gasteiger partial charge in [0.15, 0.2) is 11.5 Å². The first-order chi connectivity index (χ1) is 15.0. The van der Waals surface area contributed by atoms with Crippen LogP contribution in [0.25, 0.3) is 6.08 Å². The highest BCUT2D eigenvalue weighted by atomic mass is 79.9. The first-order valence-electron chi connectivity index (χ1n) is 9.38. The van der Waals surface area contributed by atoms with Crippen LogP contribution in [-0.4, -0.2) is 26.0 Å². The highest BCUT2D eigenvalue weighted by molar-refractivity contribution is 9.10. The molecule has 7 heteroatoms. The molecule has 0 spiro atoms. The topological polar surface area (TPSA) is 51.1 Å². The molecule has 0 atom stereocenters. The van der Waals surface area contributed by atoms with Crippen molar-refractivity contribution in [2.75, 3.05) is 19.1 Å². The molecule has 1 amide bonds. The number of anilines is 1. The highest BCUT2D eigenvalue weighted by Gasteiger charge is 2.32. The fourth-order valence-electron chi connectivity index (χ4n) is 3.24. The summed E-state index contributed by atoms with van der Waals surface area (Å²) in [6.45, 7) is 0. The second-order valence-electron chi connectivity index (χ2n) is 6.70. The Labute approximate surface area is 193 Å². The molecule has 3 aromatic carbocycles. The van der Waals surface area contributed by atoms with Gasteiger partial charge in [0.05, 0.1) is 19.9 Å². The second kappa shape index (κ2) is 8.96. The van der Waals surface area contributed by atoms with Crippen molar-refractivity contribution in [2.24, 2.45) is 4.99 Å². The summed E-state index contributed by atoms with van der Waals surface area (Å²) in [5.74, 6) is 1.51. The van der Waals surface area contributed by atoms with E-state index in [1.807, 2.05) is 42.5 Å². The van der Waals surface area contributed by atoms with E-state index in [0.717, 1.165) is 21.3 Å². The van der Waals surface area contributed by atoms with E-state index in [-0.39, 0.29) is 5.91 Å². The lowest BCUT2D eigenvalue weighted by Gasteiger charge is -2.18. The molecule has 0 saturated carbocycles. The van der Waals surface area contributed by atoms with Gasteiger partial charge in [-0.2, -0.15) is 0 Å². The normalized spacial score (nSPS) is 14.7. The van der Waals surface area contributed by atoms with E-state index in [1.165, 1.54) is 0 Å². The maximum absolute atomic E-state index is 13.4. The zero-order valence-electron chi connectivity index (χ0n) is 16.8. The summed E-state index contributed by atoms with van der Waals surface area (Å²) in [6, 6.07) is 20.2. The highest BCUT2D eigenvalue weighted by Crippen LogP contribution is 2.32. The number of halogens is 2. The third kappa shape index (κ3) is 4.36. The smallest absolute Gasteiger partial charge is 0.282 e. The third-order valence-electron chi connectivity index (χ3n) is 4.76. The van der Waals surface area contributed by atoms with E-state index >= 15 is 0 Å². The zero-order chi connectivity index (χ0) is 22.0. The van der Waals surface area contributed by atoms with Gasteiger partial charge in [0.2, 0.25) is 0 Å². The molecule has 5 nitrogen and oxygen atoms in total. The lowest BCUT2D eigenvalue weighted by atomic mass is 10.1. The van der Waals surface area contributed by atoms with E-state index in [0.29, 0.717) is 28.1 Å². The number of amidine groups is 1. The molecule has 31 heavy (non-hydrogen) atoms. The molecule has 0 bridgehead atoms. The molecule has 1 aliphatic heterocycles. The standard InChI is InChI=1S/C24H18BrClN2O3/c1-30-21-12-3-15(14-22(21)31-2)13-20-24(29)28(19-10-6-17(25)7-11-19)23(27-20)16-4-8-18(26)9-5-16/h3-14H,1-2H3/b20-13+. The number of carbonyl (C=O) groups excluding carboxylic acids is 1. The molecular weight excluding hydrogens is 480 g/mol. The Morgan fingerprint density at radius 1 is 0.935 bits per heavy atom. The molecule has 1 heterocycles. The molecule has 0 aliphatic carbocycles. The van der Waals surface area contributed by atoms with E-state index in [2.05, 4.69) is 20.9 Å². The minimum atomic E-state index is -0.220. The minimum absolute atomic E-state index is 0.220. The summed E-state index contributed by atoms with van der Waals surface area (Å²) >= 11 is 9.48. The Morgan fingerprint density at radius 3 is 2.26 bits per heavy atom. The van der Waals surface area contributed by atoms with Crippen molar-refractivity contribution >= 4 is 51.0 Å². The molecule has 0 fully saturated rings. The lowest BCUT2D eigenvalue weighted by molar-refractivity contribution is -0.113. The molecule has 0 N–H and O–H groups in total. The maximum Gasteiger partial charge on any atom is 0.282 e. The largest absolute Gasteiger partial charge is 0.493 e. The van der Waals surface area contributed by atoms with Crippen LogP contribution in [0.1, 0.15) is 11.1 Å². The Bertz CT molecular complexity index is 1190. The van der Waals surface area contributed by atoms with Crippen molar-refractivity contribution in [3.05, 3.63) is 93.0 Å². The zero-order valence-corrected chi connectivity index (χ0v) is 19.1. The van der Waals surface area contributed by atoms with Crippen molar-refractivity contribution in [1.82, 2.24) is 0 Å². The van der Waals surface area contributed by atoms with E-state index in [1.54, 1.807) is 49.5 Å². The minimum Gasteiger partial charge on any atom is -0.493 e. The Balaban J connectivity index is 1.80. The van der Waals surface area contributed by atoms with Gasteiger partial charge < -0.3 is 9.47 Å². The van der Waals surface area contributed by atoms with Gasteiger partial charge >= 0.3 is 0 Å². The summed E-state index contributed by atoms with van der Waals surface area (Å²) in [5, 5.41) is 0.616. The van der Waals surface area contributed by atoms with E-state index in [9.17, 15) is 4.79 Å². The molecule has 3 aromatic rings. The van der Waals surface area contributed by atoms with Crippen LogP contribution in [0.3, 0.4) is 0 Å². The first-order valence-corrected chi connectivity index (χ1v) is 10.6. The number of amides is 1. The Hall–Kier alpha value is -3.09. The van der Waals surface area contributed by atoms with Crippen LogP contribution in [0.5, 0.6) is 11.5 Å². The van der Waals surface area contributed by atoms with Crippen molar-refractivity contribution < 1.29 is 14.3 Å². The van der Waals surface area contributed by atoms with E-state index in [4.69, 9.17) is 21.1 Å². The van der Waals surface area contributed by atoms with Gasteiger partial charge in [-0.05, 0) is 72.3 Å². The Kier molecular flexibility index (Phi) is 6.11. The summed E-state index contributed by atoms with van der Waals surface area (Å²) in [5.41, 5.74) is 2.60. The van der Waals surface area contributed by atoms with Gasteiger partial charge in [-0.3, -0.25) is 9.69 Å². The van der Waals surface area contributed by atoms with Crippen LogP contribution in [0.15, 0.2) is 81.9 Å². The second-order valence-corrected chi connectivity index (χ2v) is 8.06. The number of benzene rings is 3. The number of hydrogen-bond donors (Lipinski definition) is 0. The van der Waals surface area contributed by atoms with Gasteiger partial charge in [-0.25, -0.2) is 4.99 Å². The summed E-state index contributed by atoms with van der Waals surface area (Å²) in [4.78, 5) is 19.6. The monoisotopic (exact) mass is 496 g/mol. The predicted octanol–water partition coefficient (Wildman–Crippen LogP) is 5.95. The van der Waals surface area contributed by atoms with Crippen molar-refractivity contribution in [3.8, 4) is 11.5 Å². The molecule has 156 valence electrons. The molecule has 0 aromatic heterocycles. The number of aliphatic imine (C=N–C) groups is 1. The van der Waals surface area contributed by atoms with Crippen molar-refractivity contribution in [1.29, 1.82) is 0 Å². The van der Waals surface area contributed by atoms with Crippen LogP contribution < -0.4 is 14.4 Å². The quantitative estimate of drug-likeness (QED) is 0.409. The molecular formula is C24H18BrClN2O3. The predicted molar refractivity (Wildman–Crippen MR) is 127 cm³/mol. The van der Waals surface area contributed by atoms with Crippen LogP contribution in [-0.2, 0) is 4.79 Å². The summed E-state index contributed by atoms with van der Waals surface area (Å²) in [6.07, 6.45) is 1.74. The average molecular weight is 498 g/mol. The lowest BCUT2D eigenvalue weighted by Crippen LogP contribution is -2.32. The van der Waals surface area contributed by atoms with Crippen LogP contribution in [0.4, 0.5) is 5.69 Å². The summed E-state index contributed by atoms with van der Waals surface area (Å²) < 4.78 is 11.6. The number of carbonyl (C=O) groups is 1. The van der Waals surface area contributed by atoms with E-state index < -0.39 is 0 Å². The fraction of sp³-hybridized carbons (Fsp3) is 0.0833.